The normalized spacial score (nSPS) is 11.9. The van der Waals surface area contributed by atoms with E-state index in [1.54, 1.807) is 11.6 Å². The molecule has 0 unspecified atom stereocenters. The maximum Gasteiger partial charge on any atom is 0.204 e. The molecule has 0 atom stereocenters. The van der Waals surface area contributed by atoms with Gasteiger partial charge in [-0.15, -0.1) is 11.3 Å². The summed E-state index contributed by atoms with van der Waals surface area (Å²) in [5.41, 5.74) is 0. The van der Waals surface area contributed by atoms with Gasteiger partial charge in [-0.3, -0.25) is 0 Å². The van der Waals surface area contributed by atoms with E-state index in [4.69, 9.17) is 16.8 Å². The first-order valence-electron chi connectivity index (χ1n) is 2.12. The highest BCUT2D eigenvalue weighted by molar-refractivity contribution is 7.13. The molecule has 3 nitrogen and oxygen atoms in total. The topological polar surface area (TPSA) is 45.5 Å². The largest absolute Gasteiger partial charge is 0.410 e. The van der Waals surface area contributed by atoms with Gasteiger partial charge in [-0.1, -0.05) is 16.8 Å². The highest BCUT2D eigenvalue weighted by atomic mass is 35.5. The summed E-state index contributed by atoms with van der Waals surface area (Å²) in [6.07, 6.45) is 1.59. The predicted octanol–water partition coefficient (Wildman–Crippen LogP) is 1.52. The number of oxime groups is 1. The van der Waals surface area contributed by atoms with E-state index in [9.17, 15) is 0 Å². The first kappa shape index (κ1) is 6.51. The molecule has 9 heavy (non-hydrogen) atoms. The van der Waals surface area contributed by atoms with E-state index < -0.39 is 0 Å². The molecule has 0 aliphatic heterocycles. The van der Waals surface area contributed by atoms with Gasteiger partial charge in [0.05, 0.1) is 0 Å². The minimum absolute atomic E-state index is 0.0324. The molecule has 0 saturated heterocycles. The van der Waals surface area contributed by atoms with Crippen LogP contribution in [0.15, 0.2) is 16.7 Å². The fraction of sp³-hybridized carbons (Fsp3) is 0. The molecule has 0 bridgehead atoms. The van der Waals surface area contributed by atoms with Crippen LogP contribution in [0.2, 0.25) is 0 Å². The molecule has 0 aromatic carbocycles. The van der Waals surface area contributed by atoms with E-state index in [2.05, 4.69) is 10.1 Å². The third kappa shape index (κ3) is 1.40. The standard InChI is InChI=1S/C4H3ClN2OS/c5-3(7-8)4-6-1-2-9-4/h1-2,8H/b7-3-. The number of thiazole rings is 1. The summed E-state index contributed by atoms with van der Waals surface area (Å²) in [5, 5.41) is 13.2. The van der Waals surface area contributed by atoms with Gasteiger partial charge in [0, 0.05) is 11.6 Å². The van der Waals surface area contributed by atoms with Crippen LogP contribution < -0.4 is 0 Å². The molecule has 0 fully saturated rings. The van der Waals surface area contributed by atoms with Crippen LogP contribution in [0, 0.1) is 0 Å². The first-order valence-corrected chi connectivity index (χ1v) is 3.38. The van der Waals surface area contributed by atoms with Crippen LogP contribution in [0.5, 0.6) is 0 Å². The molecule has 0 spiro atoms. The lowest BCUT2D eigenvalue weighted by atomic mass is 10.8. The monoisotopic (exact) mass is 162 g/mol. The van der Waals surface area contributed by atoms with E-state index in [0.717, 1.165) is 0 Å². The Morgan fingerprint density at radius 3 is 3.11 bits per heavy atom. The van der Waals surface area contributed by atoms with Crippen LogP contribution in [0.1, 0.15) is 5.01 Å². The van der Waals surface area contributed by atoms with Gasteiger partial charge in [0.25, 0.3) is 0 Å². The smallest absolute Gasteiger partial charge is 0.204 e. The summed E-state index contributed by atoms with van der Waals surface area (Å²) < 4.78 is 0. The van der Waals surface area contributed by atoms with Gasteiger partial charge in [-0.05, 0) is 0 Å². The molecule has 0 aliphatic rings. The molecule has 1 aromatic rings. The third-order valence-corrected chi connectivity index (χ3v) is 1.84. The van der Waals surface area contributed by atoms with Crippen molar-refractivity contribution in [2.24, 2.45) is 5.16 Å². The second-order valence-electron chi connectivity index (χ2n) is 1.23. The Hall–Kier alpha value is -0.610. The number of hydrogen-bond acceptors (Lipinski definition) is 4. The molecular weight excluding hydrogens is 160 g/mol. The Morgan fingerprint density at radius 2 is 2.67 bits per heavy atom. The van der Waals surface area contributed by atoms with Gasteiger partial charge in [0.1, 0.15) is 0 Å². The minimum atomic E-state index is 0.0324. The lowest BCUT2D eigenvalue weighted by molar-refractivity contribution is 0.321. The zero-order valence-electron chi connectivity index (χ0n) is 4.28. The third-order valence-electron chi connectivity index (χ3n) is 0.697. The lowest BCUT2D eigenvalue weighted by Gasteiger charge is -1.82. The maximum atomic E-state index is 8.13. The van der Waals surface area contributed by atoms with Crippen molar-refractivity contribution in [2.75, 3.05) is 0 Å². The Morgan fingerprint density at radius 1 is 1.89 bits per heavy atom. The van der Waals surface area contributed by atoms with Crippen LogP contribution >= 0.6 is 22.9 Å². The average Bonchev–Trinajstić information content (AvgIpc) is 2.37. The van der Waals surface area contributed by atoms with Crippen LogP contribution in [0.25, 0.3) is 0 Å². The molecule has 48 valence electrons. The van der Waals surface area contributed by atoms with Gasteiger partial charge >= 0.3 is 0 Å². The van der Waals surface area contributed by atoms with Crippen molar-refractivity contribution in [3.05, 3.63) is 16.6 Å². The molecule has 1 N–H and O–H groups in total. The Bertz CT molecular complexity index is 208. The van der Waals surface area contributed by atoms with Crippen molar-refractivity contribution < 1.29 is 5.21 Å². The first-order chi connectivity index (χ1) is 4.34. The summed E-state index contributed by atoms with van der Waals surface area (Å²) in [4.78, 5) is 3.78. The van der Waals surface area contributed by atoms with Gasteiger partial charge < -0.3 is 5.21 Å². The Balaban J connectivity index is 2.90. The zero-order chi connectivity index (χ0) is 6.69. The van der Waals surface area contributed by atoms with E-state index in [-0.39, 0.29) is 5.17 Å². The summed E-state index contributed by atoms with van der Waals surface area (Å²) in [7, 11) is 0. The van der Waals surface area contributed by atoms with Crippen LogP contribution in [-0.2, 0) is 0 Å². The van der Waals surface area contributed by atoms with Gasteiger partial charge in [-0.2, -0.15) is 0 Å². The molecule has 1 rings (SSSR count). The lowest BCUT2D eigenvalue weighted by Crippen LogP contribution is -1.87. The summed E-state index contributed by atoms with van der Waals surface area (Å²) >= 11 is 6.70. The van der Waals surface area contributed by atoms with Gasteiger partial charge in [-0.25, -0.2) is 4.98 Å². The van der Waals surface area contributed by atoms with Crippen molar-refractivity contribution in [3.8, 4) is 0 Å². The molecule has 1 aromatic heterocycles. The number of aromatic nitrogens is 1. The molecule has 0 saturated carbocycles. The molecule has 0 radical (unpaired) electrons. The van der Waals surface area contributed by atoms with Gasteiger partial charge in [0.2, 0.25) is 5.17 Å². The Labute approximate surface area is 60.6 Å². The minimum Gasteiger partial charge on any atom is -0.410 e. The SMILES string of the molecule is O/N=C(\Cl)c1nccs1. The highest BCUT2D eigenvalue weighted by Gasteiger charge is 2.00. The Kier molecular flexibility index (Phi) is 2.02. The van der Waals surface area contributed by atoms with Gasteiger partial charge in [0.15, 0.2) is 5.01 Å². The second kappa shape index (κ2) is 2.80. The van der Waals surface area contributed by atoms with Crippen molar-refractivity contribution in [1.29, 1.82) is 0 Å². The van der Waals surface area contributed by atoms with Crippen molar-refractivity contribution >= 4 is 28.1 Å². The molecule has 0 aliphatic carbocycles. The van der Waals surface area contributed by atoms with Crippen molar-refractivity contribution in [1.82, 2.24) is 4.98 Å². The number of rotatable bonds is 1. The van der Waals surface area contributed by atoms with E-state index in [1.165, 1.54) is 11.3 Å². The van der Waals surface area contributed by atoms with Crippen LogP contribution in [-0.4, -0.2) is 15.4 Å². The van der Waals surface area contributed by atoms with E-state index >= 15 is 0 Å². The van der Waals surface area contributed by atoms with E-state index in [1.807, 2.05) is 0 Å². The highest BCUT2D eigenvalue weighted by Crippen LogP contribution is 2.07. The zero-order valence-corrected chi connectivity index (χ0v) is 5.85. The van der Waals surface area contributed by atoms with Crippen LogP contribution in [0.4, 0.5) is 0 Å². The maximum absolute atomic E-state index is 8.13. The average molecular weight is 163 g/mol. The molecule has 1 heterocycles. The number of hydrogen-bond donors (Lipinski definition) is 1. The number of halogens is 1. The fourth-order valence-corrected chi connectivity index (χ4v) is 1.06. The second-order valence-corrected chi connectivity index (χ2v) is 2.48. The number of nitrogens with zero attached hydrogens (tertiary/aromatic N) is 2. The summed E-state index contributed by atoms with van der Waals surface area (Å²) in [6, 6.07) is 0. The quantitative estimate of drug-likeness (QED) is 0.387. The molecule has 5 heteroatoms. The van der Waals surface area contributed by atoms with Crippen molar-refractivity contribution in [2.45, 2.75) is 0 Å². The predicted molar refractivity (Wildman–Crippen MR) is 36.3 cm³/mol. The molecular formula is C4H3ClN2OS. The van der Waals surface area contributed by atoms with E-state index in [0.29, 0.717) is 5.01 Å². The van der Waals surface area contributed by atoms with Crippen LogP contribution in [0.3, 0.4) is 0 Å². The summed E-state index contributed by atoms with van der Waals surface area (Å²) in [5.74, 6) is 0. The fourth-order valence-electron chi connectivity index (χ4n) is 0.368. The molecule has 0 amide bonds. The van der Waals surface area contributed by atoms with Crippen molar-refractivity contribution in [3.63, 3.8) is 0 Å². The summed E-state index contributed by atoms with van der Waals surface area (Å²) in [6.45, 7) is 0.